The van der Waals surface area contributed by atoms with E-state index in [2.05, 4.69) is 24.0 Å². The number of rotatable bonds is 2. The molecule has 5 nitrogen and oxygen atoms in total. The van der Waals surface area contributed by atoms with Crippen LogP contribution in [0.5, 0.6) is 0 Å². The molecular weight excluding hydrogens is 242 g/mol. The molecule has 19 heavy (non-hydrogen) atoms. The summed E-state index contributed by atoms with van der Waals surface area (Å²) in [6, 6.07) is 3.08. The first-order valence-corrected chi connectivity index (χ1v) is 6.72. The van der Waals surface area contributed by atoms with Crippen LogP contribution in [0, 0.1) is 5.41 Å². The molecule has 1 aliphatic rings. The lowest BCUT2D eigenvalue weighted by atomic mass is 9.75. The maximum absolute atomic E-state index is 12.3. The van der Waals surface area contributed by atoms with Gasteiger partial charge in [-0.25, -0.2) is 5.10 Å². The fourth-order valence-electron chi connectivity index (χ4n) is 2.58. The van der Waals surface area contributed by atoms with Gasteiger partial charge in [0.15, 0.2) is 0 Å². The van der Waals surface area contributed by atoms with E-state index >= 15 is 0 Å². The maximum atomic E-state index is 12.3. The van der Waals surface area contributed by atoms with Crippen LogP contribution in [0.25, 0.3) is 0 Å². The predicted octanol–water partition coefficient (Wildman–Crippen LogP) is 1.81. The predicted molar refractivity (Wildman–Crippen MR) is 73.0 cm³/mol. The molecule has 1 heterocycles. The average Bonchev–Trinajstić information content (AvgIpc) is 2.38. The third-order valence-electron chi connectivity index (χ3n) is 4.07. The molecule has 1 aliphatic carbocycles. The Bertz CT molecular complexity index is 491. The van der Waals surface area contributed by atoms with Gasteiger partial charge in [-0.05, 0) is 37.2 Å². The second-order valence-electron chi connectivity index (χ2n) is 6.12. The van der Waals surface area contributed by atoms with E-state index in [1.807, 2.05) is 7.05 Å². The van der Waals surface area contributed by atoms with Gasteiger partial charge in [-0.1, -0.05) is 13.8 Å². The van der Waals surface area contributed by atoms with E-state index in [0.29, 0.717) is 11.1 Å². The van der Waals surface area contributed by atoms with Crippen LogP contribution in [0.4, 0.5) is 0 Å². The number of nitrogens with one attached hydrogen (secondary N) is 1. The van der Waals surface area contributed by atoms with Gasteiger partial charge in [-0.3, -0.25) is 9.59 Å². The topological polar surface area (TPSA) is 66.1 Å². The number of hydrogen-bond acceptors (Lipinski definition) is 3. The highest BCUT2D eigenvalue weighted by molar-refractivity contribution is 5.92. The smallest absolute Gasteiger partial charge is 0.274 e. The van der Waals surface area contributed by atoms with Gasteiger partial charge in [-0.2, -0.15) is 5.10 Å². The highest BCUT2D eigenvalue weighted by Gasteiger charge is 2.31. The lowest BCUT2D eigenvalue weighted by Crippen LogP contribution is -2.41. The summed E-state index contributed by atoms with van der Waals surface area (Å²) < 4.78 is 0. The summed E-state index contributed by atoms with van der Waals surface area (Å²) in [5, 5.41) is 6.09. The number of aromatic amines is 1. The van der Waals surface area contributed by atoms with Crippen LogP contribution in [0.1, 0.15) is 50.0 Å². The van der Waals surface area contributed by atoms with Crippen LogP contribution in [-0.4, -0.2) is 34.1 Å². The molecule has 1 amide bonds. The van der Waals surface area contributed by atoms with E-state index in [4.69, 9.17) is 0 Å². The Balaban J connectivity index is 2.04. The SMILES string of the molecule is CN(C(=O)c1ccc(=O)[nH]n1)C1CCC(C)(C)CC1. The Labute approximate surface area is 113 Å². The minimum atomic E-state index is -0.293. The Hall–Kier alpha value is -1.65. The van der Waals surface area contributed by atoms with Crippen LogP contribution in [0.15, 0.2) is 16.9 Å². The lowest BCUT2D eigenvalue weighted by Gasteiger charge is -2.38. The molecule has 1 aromatic rings. The number of aromatic nitrogens is 2. The van der Waals surface area contributed by atoms with E-state index in [0.717, 1.165) is 25.7 Å². The normalized spacial score (nSPS) is 19.1. The third-order valence-corrected chi connectivity index (χ3v) is 4.07. The van der Waals surface area contributed by atoms with E-state index in [-0.39, 0.29) is 17.5 Å². The average molecular weight is 263 g/mol. The number of H-pyrrole nitrogens is 1. The van der Waals surface area contributed by atoms with Gasteiger partial charge in [0.2, 0.25) is 0 Å². The van der Waals surface area contributed by atoms with E-state index in [9.17, 15) is 9.59 Å². The first kappa shape index (κ1) is 13.8. The van der Waals surface area contributed by atoms with Crippen molar-refractivity contribution in [3.05, 3.63) is 28.2 Å². The highest BCUT2D eigenvalue weighted by atomic mass is 16.2. The fraction of sp³-hybridized carbons (Fsp3) is 0.643. The summed E-state index contributed by atoms with van der Waals surface area (Å²) in [7, 11) is 1.82. The zero-order valence-corrected chi connectivity index (χ0v) is 11.8. The van der Waals surface area contributed by atoms with Crippen molar-refractivity contribution in [2.24, 2.45) is 5.41 Å². The Kier molecular flexibility index (Phi) is 3.73. The summed E-state index contributed by atoms with van der Waals surface area (Å²) in [6.07, 6.45) is 4.32. The van der Waals surface area contributed by atoms with E-state index in [1.54, 1.807) is 4.90 Å². The van der Waals surface area contributed by atoms with E-state index in [1.165, 1.54) is 12.1 Å². The van der Waals surface area contributed by atoms with Crippen LogP contribution in [0.3, 0.4) is 0 Å². The molecule has 0 spiro atoms. The standard InChI is InChI=1S/C14H21N3O2/c1-14(2)8-6-10(7-9-14)17(3)13(19)11-4-5-12(18)16-15-11/h4-5,10H,6-9H2,1-3H3,(H,16,18). The van der Waals surface area contributed by atoms with Gasteiger partial charge in [0.25, 0.3) is 11.5 Å². The minimum Gasteiger partial charge on any atom is -0.337 e. The van der Waals surface area contributed by atoms with Gasteiger partial charge in [0, 0.05) is 19.2 Å². The molecule has 1 N–H and O–H groups in total. The molecule has 0 aliphatic heterocycles. The monoisotopic (exact) mass is 263 g/mol. The zero-order valence-electron chi connectivity index (χ0n) is 11.8. The summed E-state index contributed by atoms with van der Waals surface area (Å²) in [4.78, 5) is 25.0. The molecule has 1 aromatic heterocycles. The molecule has 0 saturated heterocycles. The molecule has 0 atom stereocenters. The summed E-state index contributed by atoms with van der Waals surface area (Å²) in [5.41, 5.74) is 0.391. The molecule has 0 radical (unpaired) electrons. The molecule has 104 valence electrons. The van der Waals surface area contributed by atoms with Crippen LogP contribution >= 0.6 is 0 Å². The summed E-state index contributed by atoms with van der Waals surface area (Å²) in [6.45, 7) is 4.54. The van der Waals surface area contributed by atoms with Crippen molar-refractivity contribution in [1.82, 2.24) is 15.1 Å². The minimum absolute atomic E-state index is 0.124. The Morgan fingerprint density at radius 1 is 1.37 bits per heavy atom. The van der Waals surface area contributed by atoms with Gasteiger partial charge in [0.05, 0.1) is 0 Å². The second-order valence-corrected chi connectivity index (χ2v) is 6.12. The fourth-order valence-corrected chi connectivity index (χ4v) is 2.58. The Morgan fingerprint density at radius 2 is 2.00 bits per heavy atom. The van der Waals surface area contributed by atoms with Crippen molar-refractivity contribution in [2.75, 3.05) is 7.05 Å². The maximum Gasteiger partial charge on any atom is 0.274 e. The third kappa shape index (κ3) is 3.22. The summed E-state index contributed by atoms with van der Waals surface area (Å²) in [5.74, 6) is -0.124. The number of hydrogen-bond donors (Lipinski definition) is 1. The van der Waals surface area contributed by atoms with Gasteiger partial charge in [0.1, 0.15) is 5.69 Å². The van der Waals surface area contributed by atoms with Crippen molar-refractivity contribution in [3.8, 4) is 0 Å². The van der Waals surface area contributed by atoms with E-state index < -0.39 is 0 Å². The van der Waals surface area contributed by atoms with Crippen LogP contribution in [-0.2, 0) is 0 Å². The van der Waals surface area contributed by atoms with Crippen molar-refractivity contribution in [2.45, 2.75) is 45.6 Å². The van der Waals surface area contributed by atoms with Crippen molar-refractivity contribution in [1.29, 1.82) is 0 Å². The first-order valence-electron chi connectivity index (χ1n) is 6.72. The zero-order chi connectivity index (χ0) is 14.0. The van der Waals surface area contributed by atoms with Crippen LogP contribution < -0.4 is 5.56 Å². The molecule has 2 rings (SSSR count). The highest BCUT2D eigenvalue weighted by Crippen LogP contribution is 2.36. The summed E-state index contributed by atoms with van der Waals surface area (Å²) >= 11 is 0. The molecular formula is C14H21N3O2. The van der Waals surface area contributed by atoms with Crippen molar-refractivity contribution in [3.63, 3.8) is 0 Å². The largest absolute Gasteiger partial charge is 0.337 e. The van der Waals surface area contributed by atoms with Crippen molar-refractivity contribution < 1.29 is 4.79 Å². The molecule has 5 heteroatoms. The van der Waals surface area contributed by atoms with Crippen LogP contribution in [0.2, 0.25) is 0 Å². The molecule has 0 bridgehead atoms. The molecule has 0 aromatic carbocycles. The van der Waals surface area contributed by atoms with Crippen molar-refractivity contribution >= 4 is 5.91 Å². The number of amides is 1. The van der Waals surface area contributed by atoms with Gasteiger partial charge >= 0.3 is 0 Å². The molecule has 1 fully saturated rings. The Morgan fingerprint density at radius 3 is 2.53 bits per heavy atom. The number of carbonyl (C=O) groups excluding carboxylic acids is 1. The lowest BCUT2D eigenvalue weighted by molar-refractivity contribution is 0.0628. The number of carbonyl (C=O) groups is 1. The molecule has 0 unspecified atom stereocenters. The quantitative estimate of drug-likeness (QED) is 0.885. The number of nitrogens with zero attached hydrogens (tertiary/aromatic N) is 2. The molecule has 1 saturated carbocycles. The first-order chi connectivity index (χ1) is 8.89. The van der Waals surface area contributed by atoms with Gasteiger partial charge < -0.3 is 4.90 Å². The second kappa shape index (κ2) is 5.15. The van der Waals surface area contributed by atoms with Gasteiger partial charge in [-0.15, -0.1) is 0 Å².